The zero-order valence-corrected chi connectivity index (χ0v) is 20.0. The normalized spacial score (nSPS) is 11.3. The second-order valence-electron chi connectivity index (χ2n) is 8.88. The number of nitrogens with one attached hydrogen (secondary N) is 1. The van der Waals surface area contributed by atoms with Crippen molar-refractivity contribution in [3.63, 3.8) is 0 Å². The highest BCUT2D eigenvalue weighted by atomic mass is 16.4. The van der Waals surface area contributed by atoms with Gasteiger partial charge in [0.15, 0.2) is 0 Å². The SMILES string of the molecule is CCCCCCCCCCCCCCCCCCCNc1ccc(C=CC(=O)O)cc1. The van der Waals surface area contributed by atoms with Crippen LogP contribution in [0.1, 0.15) is 122 Å². The number of benzene rings is 1. The Morgan fingerprint density at radius 2 is 1.13 bits per heavy atom. The van der Waals surface area contributed by atoms with Gasteiger partial charge < -0.3 is 10.4 Å². The van der Waals surface area contributed by atoms with Crippen molar-refractivity contribution in [1.82, 2.24) is 0 Å². The van der Waals surface area contributed by atoms with E-state index in [4.69, 9.17) is 5.11 Å². The monoisotopic (exact) mass is 429 g/mol. The van der Waals surface area contributed by atoms with Gasteiger partial charge >= 0.3 is 5.97 Å². The summed E-state index contributed by atoms with van der Waals surface area (Å²) in [6.45, 7) is 3.29. The summed E-state index contributed by atoms with van der Waals surface area (Å²) in [6, 6.07) is 7.90. The highest BCUT2D eigenvalue weighted by Gasteiger charge is 1.96. The second kappa shape index (κ2) is 20.2. The van der Waals surface area contributed by atoms with E-state index in [1.165, 1.54) is 115 Å². The third kappa shape index (κ3) is 17.6. The van der Waals surface area contributed by atoms with E-state index in [0.717, 1.165) is 17.8 Å². The van der Waals surface area contributed by atoms with Crippen LogP contribution in [0.5, 0.6) is 0 Å². The van der Waals surface area contributed by atoms with Gasteiger partial charge in [0.05, 0.1) is 0 Å². The Labute approximate surface area is 191 Å². The molecule has 0 aliphatic rings. The Balaban J connectivity index is 1.82. The highest BCUT2D eigenvalue weighted by Crippen LogP contribution is 2.15. The van der Waals surface area contributed by atoms with Crippen LogP contribution in [0.25, 0.3) is 6.08 Å². The van der Waals surface area contributed by atoms with Gasteiger partial charge in [-0.05, 0) is 30.2 Å². The molecule has 31 heavy (non-hydrogen) atoms. The Morgan fingerprint density at radius 3 is 1.55 bits per heavy atom. The maximum Gasteiger partial charge on any atom is 0.328 e. The number of hydrogen-bond donors (Lipinski definition) is 2. The largest absolute Gasteiger partial charge is 0.478 e. The molecule has 0 amide bonds. The fourth-order valence-corrected chi connectivity index (χ4v) is 3.96. The molecule has 2 N–H and O–H groups in total. The third-order valence-electron chi connectivity index (χ3n) is 5.94. The van der Waals surface area contributed by atoms with Crippen LogP contribution in [0, 0.1) is 0 Å². The number of carboxylic acid groups (broad SMARTS) is 1. The van der Waals surface area contributed by atoms with E-state index in [1.807, 2.05) is 24.3 Å². The summed E-state index contributed by atoms with van der Waals surface area (Å²) in [4.78, 5) is 10.5. The van der Waals surface area contributed by atoms with Crippen molar-refractivity contribution in [1.29, 1.82) is 0 Å². The van der Waals surface area contributed by atoms with Crippen LogP contribution in [0.2, 0.25) is 0 Å². The van der Waals surface area contributed by atoms with E-state index in [2.05, 4.69) is 12.2 Å². The number of anilines is 1. The molecule has 1 aromatic rings. The third-order valence-corrected chi connectivity index (χ3v) is 5.94. The topological polar surface area (TPSA) is 49.3 Å². The number of hydrogen-bond acceptors (Lipinski definition) is 2. The van der Waals surface area contributed by atoms with Crippen LogP contribution in [-0.2, 0) is 4.79 Å². The number of unbranched alkanes of at least 4 members (excludes halogenated alkanes) is 16. The lowest BCUT2D eigenvalue weighted by molar-refractivity contribution is -0.131. The molecule has 0 spiro atoms. The molecule has 0 aliphatic carbocycles. The van der Waals surface area contributed by atoms with E-state index < -0.39 is 5.97 Å². The van der Waals surface area contributed by atoms with Gasteiger partial charge in [-0.3, -0.25) is 0 Å². The van der Waals surface area contributed by atoms with Crippen molar-refractivity contribution in [2.75, 3.05) is 11.9 Å². The number of rotatable bonds is 21. The summed E-state index contributed by atoms with van der Waals surface area (Å²) < 4.78 is 0. The van der Waals surface area contributed by atoms with Crippen molar-refractivity contribution in [3.05, 3.63) is 35.9 Å². The number of carbonyl (C=O) groups is 1. The predicted molar refractivity (Wildman–Crippen MR) is 136 cm³/mol. The molecule has 1 aromatic carbocycles. The van der Waals surface area contributed by atoms with Gasteiger partial charge in [-0.1, -0.05) is 122 Å². The van der Waals surface area contributed by atoms with Crippen molar-refractivity contribution >= 4 is 17.7 Å². The lowest BCUT2D eigenvalue weighted by Crippen LogP contribution is -2.01. The van der Waals surface area contributed by atoms with E-state index in [9.17, 15) is 4.79 Å². The summed E-state index contributed by atoms with van der Waals surface area (Å²) in [6.07, 6.45) is 26.6. The summed E-state index contributed by atoms with van der Waals surface area (Å²) in [5, 5.41) is 12.1. The van der Waals surface area contributed by atoms with Gasteiger partial charge in [0.1, 0.15) is 0 Å². The Bertz CT molecular complexity index is 565. The van der Waals surface area contributed by atoms with Crippen LogP contribution in [-0.4, -0.2) is 17.6 Å². The van der Waals surface area contributed by atoms with Gasteiger partial charge in [-0.2, -0.15) is 0 Å². The predicted octanol–water partition coefficient (Wildman–Crippen LogP) is 8.85. The van der Waals surface area contributed by atoms with Gasteiger partial charge in [-0.15, -0.1) is 0 Å². The Hall–Kier alpha value is -1.77. The number of aliphatic carboxylic acids is 1. The fourth-order valence-electron chi connectivity index (χ4n) is 3.96. The summed E-state index contributed by atoms with van der Waals surface area (Å²) >= 11 is 0. The zero-order chi connectivity index (χ0) is 22.4. The van der Waals surface area contributed by atoms with Crippen LogP contribution in [0.4, 0.5) is 5.69 Å². The van der Waals surface area contributed by atoms with Gasteiger partial charge in [0.25, 0.3) is 0 Å². The molecule has 3 heteroatoms. The maximum atomic E-state index is 10.5. The molecule has 0 heterocycles. The fraction of sp³-hybridized carbons (Fsp3) is 0.679. The van der Waals surface area contributed by atoms with Crippen LogP contribution in [0.3, 0.4) is 0 Å². The number of carboxylic acids is 1. The summed E-state index contributed by atoms with van der Waals surface area (Å²) in [7, 11) is 0. The molecular weight excluding hydrogens is 382 g/mol. The second-order valence-corrected chi connectivity index (χ2v) is 8.88. The van der Waals surface area contributed by atoms with Crippen molar-refractivity contribution in [3.8, 4) is 0 Å². The Morgan fingerprint density at radius 1 is 0.710 bits per heavy atom. The molecule has 0 bridgehead atoms. The molecule has 1 rings (SSSR count). The summed E-state index contributed by atoms with van der Waals surface area (Å²) in [5.41, 5.74) is 2.01. The molecule has 0 unspecified atom stereocenters. The van der Waals surface area contributed by atoms with Gasteiger partial charge in [-0.25, -0.2) is 4.79 Å². The molecule has 0 saturated carbocycles. The molecule has 0 saturated heterocycles. The summed E-state index contributed by atoms with van der Waals surface area (Å²) in [5.74, 6) is -0.916. The molecule has 0 aromatic heterocycles. The van der Waals surface area contributed by atoms with Gasteiger partial charge in [0.2, 0.25) is 0 Å². The highest BCUT2D eigenvalue weighted by molar-refractivity contribution is 5.85. The molecule has 3 nitrogen and oxygen atoms in total. The average Bonchev–Trinajstić information content (AvgIpc) is 2.77. The van der Waals surface area contributed by atoms with E-state index in [1.54, 1.807) is 6.08 Å². The minimum atomic E-state index is -0.916. The van der Waals surface area contributed by atoms with Crippen LogP contribution < -0.4 is 5.32 Å². The minimum Gasteiger partial charge on any atom is -0.478 e. The Kier molecular flexibility index (Phi) is 17.7. The molecular formula is C28H47NO2. The van der Waals surface area contributed by atoms with E-state index in [0.29, 0.717) is 0 Å². The minimum absolute atomic E-state index is 0.908. The molecule has 0 atom stereocenters. The first-order valence-electron chi connectivity index (χ1n) is 13.0. The molecule has 0 radical (unpaired) electrons. The van der Waals surface area contributed by atoms with Gasteiger partial charge in [0, 0.05) is 18.3 Å². The van der Waals surface area contributed by atoms with Crippen molar-refractivity contribution in [2.24, 2.45) is 0 Å². The quantitative estimate of drug-likeness (QED) is 0.151. The molecule has 0 fully saturated rings. The standard InChI is InChI=1S/C28H47NO2/c1-2-3-4-5-6-7-8-9-10-11-12-13-14-15-16-17-18-25-29-27-22-19-26(20-23-27)21-24-28(30)31/h19-24,29H,2-18,25H2,1H3,(H,30,31). The lowest BCUT2D eigenvalue weighted by Gasteiger charge is -2.07. The first-order valence-corrected chi connectivity index (χ1v) is 13.0. The molecule has 0 aliphatic heterocycles. The van der Waals surface area contributed by atoms with Crippen molar-refractivity contribution in [2.45, 2.75) is 116 Å². The average molecular weight is 430 g/mol. The van der Waals surface area contributed by atoms with Crippen LogP contribution >= 0.6 is 0 Å². The first-order chi connectivity index (χ1) is 15.2. The maximum absolute atomic E-state index is 10.5. The van der Waals surface area contributed by atoms with E-state index >= 15 is 0 Å². The first kappa shape index (κ1) is 27.3. The lowest BCUT2D eigenvalue weighted by atomic mass is 10.0. The van der Waals surface area contributed by atoms with E-state index in [-0.39, 0.29) is 0 Å². The smallest absolute Gasteiger partial charge is 0.328 e. The van der Waals surface area contributed by atoms with Crippen molar-refractivity contribution < 1.29 is 9.90 Å². The zero-order valence-electron chi connectivity index (χ0n) is 20.0. The molecule has 176 valence electrons. The van der Waals surface area contributed by atoms with Crippen LogP contribution in [0.15, 0.2) is 30.3 Å².